The number of hydrogen-bond acceptors (Lipinski definition) is 3. The van der Waals surface area contributed by atoms with Crippen molar-refractivity contribution in [1.29, 1.82) is 0 Å². The maximum atomic E-state index is 13.1. The summed E-state index contributed by atoms with van der Waals surface area (Å²) in [6.07, 6.45) is 4.14. The summed E-state index contributed by atoms with van der Waals surface area (Å²) in [5.74, 6) is -1.64. The molecule has 0 aliphatic heterocycles. The summed E-state index contributed by atoms with van der Waals surface area (Å²) < 4.78 is 15.7. The fourth-order valence-electron chi connectivity index (χ4n) is 2.16. The van der Waals surface area contributed by atoms with Gasteiger partial charge in [0.15, 0.2) is 0 Å². The monoisotopic (exact) mass is 359 g/mol. The zero-order chi connectivity index (χ0) is 15.7. The van der Waals surface area contributed by atoms with Gasteiger partial charge in [0, 0.05) is 16.2 Å². The van der Waals surface area contributed by atoms with Crippen LogP contribution >= 0.6 is 15.9 Å². The molecule has 0 saturated heterocycles. The fraction of sp³-hybridized carbons (Fsp3) is 0. The number of nitrogens with zero attached hydrogens (tertiary/aromatic N) is 2. The number of carbonyl (C=O) groups is 1. The molecule has 6 heteroatoms. The first-order valence-electron chi connectivity index (χ1n) is 6.37. The summed E-state index contributed by atoms with van der Waals surface area (Å²) in [6, 6.07) is 9.50. The number of carbonyl (C=O) groups excluding carboxylic acids is 1. The average Bonchev–Trinajstić information content (AvgIpc) is 2.83. The molecule has 0 spiro atoms. The van der Waals surface area contributed by atoms with E-state index >= 15 is 0 Å². The van der Waals surface area contributed by atoms with Crippen LogP contribution in [0, 0.1) is 5.82 Å². The van der Waals surface area contributed by atoms with E-state index in [2.05, 4.69) is 20.9 Å². The number of pyridine rings is 1. The Morgan fingerprint density at radius 2 is 1.95 bits per heavy atom. The summed E-state index contributed by atoms with van der Waals surface area (Å²) in [5, 5.41) is 10.7. The third-order valence-electron chi connectivity index (χ3n) is 3.11. The number of aromatic nitrogens is 2. The van der Waals surface area contributed by atoms with Crippen LogP contribution in [-0.4, -0.2) is 15.4 Å². The van der Waals surface area contributed by atoms with Crippen molar-refractivity contribution in [2.24, 2.45) is 0 Å². The minimum absolute atomic E-state index is 0.345. The molecule has 0 N–H and O–H groups in total. The molecule has 3 rings (SSSR count). The van der Waals surface area contributed by atoms with Crippen LogP contribution in [0.2, 0.25) is 0 Å². The molecular weight excluding hydrogens is 351 g/mol. The van der Waals surface area contributed by atoms with E-state index in [1.54, 1.807) is 28.8 Å². The Kier molecular flexibility index (Phi) is 3.77. The quantitative estimate of drug-likeness (QED) is 0.675. The largest absolute Gasteiger partial charge is 0.545 e. The number of rotatable bonds is 3. The average molecular weight is 360 g/mol. The molecule has 22 heavy (non-hydrogen) atoms. The van der Waals surface area contributed by atoms with E-state index in [4.69, 9.17) is 0 Å². The number of fused-ring (bicyclic) bond motifs is 1. The molecule has 3 aromatic rings. The third-order valence-corrected chi connectivity index (χ3v) is 3.58. The Hall–Kier alpha value is -2.47. The zero-order valence-corrected chi connectivity index (χ0v) is 12.7. The van der Waals surface area contributed by atoms with Crippen molar-refractivity contribution >= 4 is 33.6 Å². The van der Waals surface area contributed by atoms with Gasteiger partial charge in [-0.05, 0) is 64.5 Å². The number of benzene rings is 1. The summed E-state index contributed by atoms with van der Waals surface area (Å²) in [4.78, 5) is 15.2. The minimum atomic E-state index is -1.30. The van der Waals surface area contributed by atoms with E-state index in [1.165, 1.54) is 18.2 Å². The Morgan fingerprint density at radius 1 is 1.23 bits per heavy atom. The number of imidazole rings is 1. The molecule has 0 radical (unpaired) electrons. The molecule has 4 nitrogen and oxygen atoms in total. The summed E-state index contributed by atoms with van der Waals surface area (Å²) in [7, 11) is 0. The van der Waals surface area contributed by atoms with Crippen molar-refractivity contribution in [3.05, 3.63) is 64.7 Å². The smallest absolute Gasteiger partial charge is 0.138 e. The van der Waals surface area contributed by atoms with Gasteiger partial charge in [0.2, 0.25) is 0 Å². The molecule has 0 aliphatic rings. The predicted octanol–water partition coefficient (Wildman–Crippen LogP) is 2.67. The summed E-state index contributed by atoms with van der Waals surface area (Å²) in [5.41, 5.74) is 2.49. The van der Waals surface area contributed by atoms with Crippen LogP contribution in [0.4, 0.5) is 4.39 Å². The molecular formula is C16H9BrFN2O2-. The Balaban J connectivity index is 2.26. The number of hydrogen-bond donors (Lipinski definition) is 0. The van der Waals surface area contributed by atoms with Gasteiger partial charge in [-0.1, -0.05) is 0 Å². The highest BCUT2D eigenvalue weighted by Gasteiger charge is 2.12. The number of carboxylic acids is 1. The van der Waals surface area contributed by atoms with Gasteiger partial charge >= 0.3 is 0 Å². The third kappa shape index (κ3) is 2.78. The van der Waals surface area contributed by atoms with E-state index in [0.29, 0.717) is 22.6 Å². The van der Waals surface area contributed by atoms with Crippen molar-refractivity contribution < 1.29 is 14.3 Å². The van der Waals surface area contributed by atoms with Crippen LogP contribution in [0.3, 0.4) is 0 Å². The van der Waals surface area contributed by atoms with Crippen LogP contribution in [0.15, 0.2) is 53.1 Å². The van der Waals surface area contributed by atoms with Crippen molar-refractivity contribution in [3.63, 3.8) is 0 Å². The lowest BCUT2D eigenvalue weighted by atomic mass is 10.1. The number of carboxylic acid groups (broad SMARTS) is 1. The molecule has 1 aromatic carbocycles. The van der Waals surface area contributed by atoms with E-state index in [-0.39, 0.29) is 5.82 Å². The van der Waals surface area contributed by atoms with Gasteiger partial charge in [0.25, 0.3) is 0 Å². The molecule has 0 aliphatic carbocycles. The molecule has 2 aromatic heterocycles. The highest BCUT2D eigenvalue weighted by molar-refractivity contribution is 9.10. The van der Waals surface area contributed by atoms with Gasteiger partial charge in [-0.3, -0.25) is 4.40 Å². The molecule has 0 atom stereocenters. The van der Waals surface area contributed by atoms with E-state index in [9.17, 15) is 14.3 Å². The van der Waals surface area contributed by atoms with E-state index in [0.717, 1.165) is 10.5 Å². The van der Waals surface area contributed by atoms with Gasteiger partial charge in [0.1, 0.15) is 11.5 Å². The molecule has 0 amide bonds. The first-order valence-corrected chi connectivity index (χ1v) is 7.16. The Morgan fingerprint density at radius 3 is 2.64 bits per heavy atom. The second-order valence-corrected chi connectivity index (χ2v) is 5.50. The molecule has 0 bridgehead atoms. The summed E-state index contributed by atoms with van der Waals surface area (Å²) in [6.45, 7) is 0. The van der Waals surface area contributed by atoms with Gasteiger partial charge in [-0.25, -0.2) is 9.37 Å². The maximum Gasteiger partial charge on any atom is 0.138 e. The number of halogens is 2. The van der Waals surface area contributed by atoms with Crippen LogP contribution in [-0.2, 0) is 4.79 Å². The predicted molar refractivity (Wildman–Crippen MR) is 82.3 cm³/mol. The standard InChI is InChI=1S/C16H10BrFN2O2/c17-11-3-7-14-19-16(10-1-4-12(18)5-2-10)13(20(14)9-11)6-8-15(21)22/h1-9H,(H,21,22)/p-1/b8-6+. The first-order chi connectivity index (χ1) is 10.5. The van der Waals surface area contributed by atoms with E-state index < -0.39 is 5.97 Å². The Bertz CT molecular complexity index is 885. The Labute approximate surface area is 133 Å². The maximum absolute atomic E-state index is 13.1. The normalized spacial score (nSPS) is 11.4. The summed E-state index contributed by atoms with van der Waals surface area (Å²) >= 11 is 3.37. The molecule has 0 unspecified atom stereocenters. The van der Waals surface area contributed by atoms with Crippen molar-refractivity contribution in [2.75, 3.05) is 0 Å². The fourth-order valence-corrected chi connectivity index (χ4v) is 2.50. The zero-order valence-electron chi connectivity index (χ0n) is 11.2. The van der Waals surface area contributed by atoms with Gasteiger partial charge in [-0.15, -0.1) is 0 Å². The van der Waals surface area contributed by atoms with Crippen LogP contribution in [0.5, 0.6) is 0 Å². The van der Waals surface area contributed by atoms with Crippen LogP contribution in [0.25, 0.3) is 23.0 Å². The van der Waals surface area contributed by atoms with Crippen molar-refractivity contribution in [3.8, 4) is 11.3 Å². The van der Waals surface area contributed by atoms with Gasteiger partial charge in [0.05, 0.1) is 17.4 Å². The topological polar surface area (TPSA) is 57.4 Å². The van der Waals surface area contributed by atoms with E-state index in [1.807, 2.05) is 6.07 Å². The second kappa shape index (κ2) is 5.73. The second-order valence-electron chi connectivity index (χ2n) is 4.58. The number of aliphatic carboxylic acids is 1. The van der Waals surface area contributed by atoms with Gasteiger partial charge in [-0.2, -0.15) is 0 Å². The molecule has 2 heterocycles. The van der Waals surface area contributed by atoms with Crippen molar-refractivity contribution in [2.45, 2.75) is 0 Å². The molecule has 110 valence electrons. The minimum Gasteiger partial charge on any atom is -0.545 e. The lowest BCUT2D eigenvalue weighted by molar-refractivity contribution is -0.297. The highest BCUT2D eigenvalue weighted by Crippen LogP contribution is 2.27. The highest BCUT2D eigenvalue weighted by atomic mass is 79.9. The van der Waals surface area contributed by atoms with Crippen LogP contribution < -0.4 is 5.11 Å². The SMILES string of the molecule is O=C([O-])/C=C/c1c(-c2ccc(F)cc2)nc2ccc(Br)cn12. The first kappa shape index (κ1) is 14.5. The van der Waals surface area contributed by atoms with Crippen molar-refractivity contribution in [1.82, 2.24) is 9.38 Å². The lowest BCUT2D eigenvalue weighted by Crippen LogP contribution is -2.18. The van der Waals surface area contributed by atoms with Crippen LogP contribution in [0.1, 0.15) is 5.69 Å². The molecule has 0 saturated carbocycles. The molecule has 0 fully saturated rings. The van der Waals surface area contributed by atoms with Gasteiger partial charge < -0.3 is 9.90 Å². The lowest BCUT2D eigenvalue weighted by Gasteiger charge is -2.02.